The molecular formula is C13H19NO5. The second-order valence-corrected chi connectivity index (χ2v) is 5.30. The van der Waals surface area contributed by atoms with Gasteiger partial charge in [-0.25, -0.2) is 4.79 Å². The monoisotopic (exact) mass is 269 g/mol. The summed E-state index contributed by atoms with van der Waals surface area (Å²) in [5, 5.41) is 11.9. The average Bonchev–Trinajstić information content (AvgIpc) is 2.45. The molecule has 3 aliphatic rings. The highest BCUT2D eigenvalue weighted by Crippen LogP contribution is 2.48. The molecule has 0 aromatic heterocycles. The summed E-state index contributed by atoms with van der Waals surface area (Å²) in [6, 6.07) is 0. The second kappa shape index (κ2) is 5.21. The molecule has 3 rings (SSSR count). The number of aliphatic carboxylic acids is 1. The number of amides is 1. The number of rotatable bonds is 5. The van der Waals surface area contributed by atoms with E-state index >= 15 is 0 Å². The Labute approximate surface area is 111 Å². The average molecular weight is 269 g/mol. The van der Waals surface area contributed by atoms with E-state index in [1.54, 1.807) is 0 Å². The van der Waals surface area contributed by atoms with Crippen LogP contribution in [0.2, 0.25) is 0 Å². The smallest absolute Gasteiger partial charge is 0.407 e. The lowest BCUT2D eigenvalue weighted by Crippen LogP contribution is -2.58. The van der Waals surface area contributed by atoms with Gasteiger partial charge in [0.2, 0.25) is 0 Å². The number of fused-ring (bicyclic) bond motifs is 3. The van der Waals surface area contributed by atoms with Crippen LogP contribution in [0.4, 0.5) is 4.79 Å². The number of ether oxygens (including phenoxy) is 2. The molecule has 0 radical (unpaired) electrons. The summed E-state index contributed by atoms with van der Waals surface area (Å²) in [7, 11) is 0. The van der Waals surface area contributed by atoms with E-state index < -0.39 is 23.1 Å². The summed E-state index contributed by atoms with van der Waals surface area (Å²) in [4.78, 5) is 22.6. The van der Waals surface area contributed by atoms with E-state index in [1.807, 2.05) is 0 Å². The van der Waals surface area contributed by atoms with Crippen molar-refractivity contribution in [2.24, 2.45) is 5.41 Å². The minimum Gasteiger partial charge on any atom is -0.481 e. The molecule has 1 aliphatic carbocycles. The molecule has 1 amide bonds. The molecule has 1 saturated carbocycles. The van der Waals surface area contributed by atoms with Crippen LogP contribution < -0.4 is 5.32 Å². The van der Waals surface area contributed by atoms with Crippen molar-refractivity contribution < 1.29 is 24.2 Å². The molecule has 2 saturated heterocycles. The molecule has 0 aromatic carbocycles. The lowest BCUT2D eigenvalue weighted by Gasteiger charge is -2.50. The summed E-state index contributed by atoms with van der Waals surface area (Å²) >= 11 is 0. The maximum atomic E-state index is 11.4. The molecule has 2 N–H and O–H groups in total. The fourth-order valence-electron chi connectivity index (χ4n) is 2.69. The normalized spacial score (nSPS) is 32.6. The molecule has 0 atom stereocenters. The molecule has 106 valence electrons. The number of nitrogens with one attached hydrogen (secondary N) is 1. The number of carboxylic acids is 1. The standard InChI is InChI=1S/C13H19NO5/c1-2-7-18-11(17)14-8-13-5-3-12(4-6-13,9-19-13)10(15)16/h2H,1,3-9H2,(H,14,17)(H,15,16). The van der Waals surface area contributed by atoms with Crippen molar-refractivity contribution in [3.8, 4) is 0 Å². The van der Waals surface area contributed by atoms with Gasteiger partial charge in [-0.05, 0) is 25.7 Å². The van der Waals surface area contributed by atoms with Gasteiger partial charge in [0.05, 0.1) is 17.6 Å². The number of carbonyl (C=O) groups is 2. The predicted octanol–water partition coefficient (Wildman–Crippen LogP) is 1.31. The van der Waals surface area contributed by atoms with Gasteiger partial charge in [0.25, 0.3) is 0 Å². The number of alkyl carbamates (subject to hydrolysis) is 1. The van der Waals surface area contributed by atoms with Crippen molar-refractivity contribution in [2.75, 3.05) is 19.8 Å². The molecular weight excluding hydrogens is 250 g/mol. The van der Waals surface area contributed by atoms with E-state index in [9.17, 15) is 14.7 Å². The van der Waals surface area contributed by atoms with Gasteiger partial charge in [0.15, 0.2) is 0 Å². The Morgan fingerprint density at radius 1 is 1.37 bits per heavy atom. The molecule has 0 unspecified atom stereocenters. The van der Waals surface area contributed by atoms with Crippen molar-refractivity contribution in [3.63, 3.8) is 0 Å². The summed E-state index contributed by atoms with van der Waals surface area (Å²) in [6.45, 7) is 4.21. The zero-order valence-corrected chi connectivity index (χ0v) is 10.8. The van der Waals surface area contributed by atoms with Crippen LogP contribution in [0.1, 0.15) is 25.7 Å². The number of carboxylic acid groups (broad SMARTS) is 1. The fourth-order valence-corrected chi connectivity index (χ4v) is 2.69. The Morgan fingerprint density at radius 2 is 2.05 bits per heavy atom. The van der Waals surface area contributed by atoms with E-state index in [2.05, 4.69) is 11.9 Å². The van der Waals surface area contributed by atoms with Crippen LogP contribution in [0.3, 0.4) is 0 Å². The van der Waals surface area contributed by atoms with Crippen LogP contribution in [-0.2, 0) is 14.3 Å². The fraction of sp³-hybridized carbons (Fsp3) is 0.692. The van der Waals surface area contributed by atoms with Gasteiger partial charge in [-0.1, -0.05) is 12.7 Å². The number of hydrogen-bond donors (Lipinski definition) is 2. The Kier molecular flexibility index (Phi) is 3.80. The first kappa shape index (κ1) is 13.9. The Morgan fingerprint density at radius 3 is 2.53 bits per heavy atom. The summed E-state index contributed by atoms with van der Waals surface area (Å²) in [5.74, 6) is -0.779. The van der Waals surface area contributed by atoms with Crippen LogP contribution in [0.25, 0.3) is 0 Å². The van der Waals surface area contributed by atoms with Crippen molar-refractivity contribution in [3.05, 3.63) is 12.7 Å². The largest absolute Gasteiger partial charge is 0.481 e. The van der Waals surface area contributed by atoms with E-state index in [1.165, 1.54) is 6.08 Å². The van der Waals surface area contributed by atoms with Gasteiger partial charge >= 0.3 is 12.1 Å². The maximum absolute atomic E-state index is 11.4. The van der Waals surface area contributed by atoms with E-state index in [0.29, 0.717) is 32.2 Å². The molecule has 0 spiro atoms. The van der Waals surface area contributed by atoms with Gasteiger partial charge in [-0.3, -0.25) is 4.79 Å². The SMILES string of the molecule is C=CCOC(=O)NCC12CCC(C(=O)O)(CC1)CO2. The topological polar surface area (TPSA) is 84.9 Å². The minimum absolute atomic E-state index is 0.168. The second-order valence-electron chi connectivity index (χ2n) is 5.30. The van der Waals surface area contributed by atoms with Crippen LogP contribution in [0.5, 0.6) is 0 Å². The van der Waals surface area contributed by atoms with Crippen LogP contribution in [0, 0.1) is 5.41 Å². The van der Waals surface area contributed by atoms with Crippen molar-refractivity contribution >= 4 is 12.1 Å². The van der Waals surface area contributed by atoms with Crippen LogP contribution in [0.15, 0.2) is 12.7 Å². The summed E-state index contributed by atoms with van der Waals surface area (Å²) < 4.78 is 10.5. The zero-order chi connectivity index (χ0) is 13.9. The molecule has 3 fully saturated rings. The Balaban J connectivity index is 1.85. The van der Waals surface area contributed by atoms with Gasteiger partial charge in [-0.15, -0.1) is 0 Å². The molecule has 2 heterocycles. The van der Waals surface area contributed by atoms with Gasteiger partial charge in [0.1, 0.15) is 6.61 Å². The molecule has 19 heavy (non-hydrogen) atoms. The first-order chi connectivity index (χ1) is 9.02. The third kappa shape index (κ3) is 2.73. The van der Waals surface area contributed by atoms with Gasteiger partial charge in [0, 0.05) is 6.54 Å². The summed E-state index contributed by atoms with van der Waals surface area (Å²) in [5.41, 5.74) is -1.14. The Hall–Kier alpha value is -1.56. The molecule has 6 heteroatoms. The van der Waals surface area contributed by atoms with Crippen molar-refractivity contribution in [1.82, 2.24) is 5.32 Å². The highest BCUT2D eigenvalue weighted by atomic mass is 16.5. The van der Waals surface area contributed by atoms with Gasteiger partial charge < -0.3 is 19.9 Å². The molecule has 0 aromatic rings. The highest BCUT2D eigenvalue weighted by Gasteiger charge is 2.53. The predicted molar refractivity (Wildman–Crippen MR) is 66.8 cm³/mol. The maximum Gasteiger partial charge on any atom is 0.407 e. The third-order valence-electron chi connectivity index (χ3n) is 4.11. The zero-order valence-electron chi connectivity index (χ0n) is 10.8. The van der Waals surface area contributed by atoms with E-state index in [-0.39, 0.29) is 13.2 Å². The lowest BCUT2D eigenvalue weighted by atomic mass is 9.66. The van der Waals surface area contributed by atoms with Crippen LogP contribution in [-0.4, -0.2) is 42.5 Å². The first-order valence-corrected chi connectivity index (χ1v) is 6.41. The van der Waals surface area contributed by atoms with Crippen molar-refractivity contribution in [2.45, 2.75) is 31.3 Å². The van der Waals surface area contributed by atoms with Crippen molar-refractivity contribution in [1.29, 1.82) is 0 Å². The molecule has 2 aliphatic heterocycles. The highest BCUT2D eigenvalue weighted by molar-refractivity contribution is 5.75. The first-order valence-electron chi connectivity index (χ1n) is 6.41. The lowest BCUT2D eigenvalue weighted by molar-refractivity contribution is -0.199. The Bertz CT molecular complexity index is 368. The van der Waals surface area contributed by atoms with Crippen LogP contribution >= 0.6 is 0 Å². The van der Waals surface area contributed by atoms with E-state index in [0.717, 1.165) is 0 Å². The van der Waals surface area contributed by atoms with E-state index in [4.69, 9.17) is 9.47 Å². The number of carbonyl (C=O) groups excluding carboxylic acids is 1. The quantitative estimate of drug-likeness (QED) is 0.735. The molecule has 2 bridgehead atoms. The summed E-state index contributed by atoms with van der Waals surface area (Å²) in [6.07, 6.45) is 3.51. The number of hydrogen-bond acceptors (Lipinski definition) is 4. The third-order valence-corrected chi connectivity index (χ3v) is 4.11. The van der Waals surface area contributed by atoms with Gasteiger partial charge in [-0.2, -0.15) is 0 Å². The molecule has 6 nitrogen and oxygen atoms in total. The minimum atomic E-state index is -0.779.